The highest BCUT2D eigenvalue weighted by Gasteiger charge is 2.40. The van der Waals surface area contributed by atoms with Gasteiger partial charge in [-0.15, -0.1) is 0 Å². The number of rotatable bonds is 27. The van der Waals surface area contributed by atoms with Crippen molar-refractivity contribution < 1.29 is 71.8 Å². The van der Waals surface area contributed by atoms with Gasteiger partial charge in [0, 0.05) is 49.8 Å². The highest BCUT2D eigenvalue weighted by molar-refractivity contribution is 5.84. The molecule has 0 atom stereocenters. The number of aliphatic hydroxyl groups excluding tert-OH is 1. The molecule has 0 saturated heterocycles. The number of carbonyl (C=O) groups excluding carboxylic acids is 7. The summed E-state index contributed by atoms with van der Waals surface area (Å²) in [5.41, 5.74) is -3.12. The van der Waals surface area contributed by atoms with Gasteiger partial charge in [0.1, 0.15) is 45.4 Å². The number of esters is 6. The summed E-state index contributed by atoms with van der Waals surface area (Å²) in [4.78, 5) is 84.2. The van der Waals surface area contributed by atoms with E-state index >= 15 is 0 Å². The second kappa shape index (κ2) is 23.4. The van der Waals surface area contributed by atoms with E-state index < -0.39 is 99.5 Å². The third-order valence-electron chi connectivity index (χ3n) is 6.01. The average Bonchev–Trinajstić information content (AvgIpc) is 3.09. The molecule has 0 bridgehead atoms. The zero-order valence-corrected chi connectivity index (χ0v) is 26.3. The van der Waals surface area contributed by atoms with Crippen molar-refractivity contribution in [3.8, 4) is 0 Å². The first-order valence-corrected chi connectivity index (χ1v) is 14.2. The normalized spacial score (nSPS) is 10.7. The fourth-order valence-corrected chi connectivity index (χ4v) is 3.35. The lowest BCUT2D eigenvalue weighted by atomic mass is 9.90. The van der Waals surface area contributed by atoms with Gasteiger partial charge in [-0.25, -0.2) is 24.0 Å². The number of ether oxygens (including phenoxy) is 7. The molecule has 0 aromatic heterocycles. The van der Waals surface area contributed by atoms with Gasteiger partial charge in [0.25, 0.3) is 0 Å². The van der Waals surface area contributed by atoms with Gasteiger partial charge in [0.2, 0.25) is 0 Å². The highest BCUT2D eigenvalue weighted by Crippen LogP contribution is 2.26. The van der Waals surface area contributed by atoms with Crippen LogP contribution in [0.3, 0.4) is 0 Å². The van der Waals surface area contributed by atoms with Crippen molar-refractivity contribution >= 4 is 41.6 Å². The van der Waals surface area contributed by atoms with Crippen LogP contribution >= 0.6 is 0 Å². The van der Waals surface area contributed by atoms with Gasteiger partial charge in [0.15, 0.2) is 0 Å². The van der Waals surface area contributed by atoms with E-state index in [-0.39, 0.29) is 38.1 Å². The van der Waals surface area contributed by atoms with Crippen LogP contribution in [-0.4, -0.2) is 106 Å². The SMILES string of the molecule is C=CC(=O)OCC(COCC(COC(=O)C=C)(COC(=O)C=C)COC(=O)CCC(=O)CCCO)(COC(=O)C=C)COC(=O)C=C. The Morgan fingerprint density at radius 3 is 1.09 bits per heavy atom. The molecule has 0 aliphatic carbocycles. The number of carbonyl (C=O) groups is 7. The van der Waals surface area contributed by atoms with Gasteiger partial charge >= 0.3 is 35.8 Å². The Balaban J connectivity index is 6.33. The van der Waals surface area contributed by atoms with Crippen molar-refractivity contribution in [3.05, 3.63) is 63.3 Å². The minimum Gasteiger partial charge on any atom is -0.465 e. The fraction of sp³-hybridized carbons (Fsp3) is 0.469. The largest absolute Gasteiger partial charge is 0.465 e. The maximum atomic E-state index is 12.5. The van der Waals surface area contributed by atoms with Crippen LogP contribution in [0.1, 0.15) is 25.7 Å². The highest BCUT2D eigenvalue weighted by atomic mass is 16.6. The molecule has 1 N–H and O–H groups in total. The molecule has 0 aliphatic heterocycles. The molecule has 15 heteroatoms. The smallest absolute Gasteiger partial charge is 0.330 e. The van der Waals surface area contributed by atoms with Crippen molar-refractivity contribution in [1.29, 1.82) is 0 Å². The van der Waals surface area contributed by atoms with E-state index in [1.54, 1.807) is 0 Å². The van der Waals surface area contributed by atoms with E-state index in [9.17, 15) is 33.6 Å². The predicted octanol–water partition coefficient (Wildman–Crippen LogP) is 1.29. The van der Waals surface area contributed by atoms with Crippen molar-refractivity contribution in [2.24, 2.45) is 10.8 Å². The first-order valence-electron chi connectivity index (χ1n) is 14.2. The van der Waals surface area contributed by atoms with Crippen molar-refractivity contribution in [3.63, 3.8) is 0 Å². The van der Waals surface area contributed by atoms with Crippen molar-refractivity contribution in [2.75, 3.05) is 59.5 Å². The first kappa shape index (κ1) is 42.1. The molecule has 0 spiro atoms. The lowest BCUT2D eigenvalue weighted by Gasteiger charge is -2.35. The lowest BCUT2D eigenvalue weighted by Crippen LogP contribution is -2.47. The van der Waals surface area contributed by atoms with Gasteiger partial charge < -0.3 is 38.3 Å². The molecular weight excluding hydrogens is 624 g/mol. The molecule has 260 valence electrons. The summed E-state index contributed by atoms with van der Waals surface area (Å²) >= 11 is 0. The summed E-state index contributed by atoms with van der Waals surface area (Å²) in [6.07, 6.45) is 4.21. The summed E-state index contributed by atoms with van der Waals surface area (Å²) in [5.74, 6) is -5.40. The van der Waals surface area contributed by atoms with E-state index in [4.69, 9.17) is 38.3 Å². The summed E-state index contributed by atoms with van der Waals surface area (Å²) in [7, 11) is 0. The van der Waals surface area contributed by atoms with Crippen molar-refractivity contribution in [2.45, 2.75) is 25.7 Å². The van der Waals surface area contributed by atoms with Crippen molar-refractivity contribution in [1.82, 2.24) is 0 Å². The van der Waals surface area contributed by atoms with Gasteiger partial charge in [-0.1, -0.05) is 32.9 Å². The molecule has 0 aromatic rings. The molecule has 15 nitrogen and oxygen atoms in total. The molecule has 0 unspecified atom stereocenters. The Morgan fingerprint density at radius 1 is 0.468 bits per heavy atom. The summed E-state index contributed by atoms with van der Waals surface area (Å²) in [5, 5.41) is 8.88. The molecule has 0 saturated carbocycles. The molecule has 0 fully saturated rings. The van der Waals surface area contributed by atoms with E-state index in [0.717, 1.165) is 30.4 Å². The fourth-order valence-electron chi connectivity index (χ4n) is 3.35. The Bertz CT molecular complexity index is 1070. The van der Waals surface area contributed by atoms with E-state index in [2.05, 4.69) is 32.9 Å². The zero-order valence-electron chi connectivity index (χ0n) is 26.3. The van der Waals surface area contributed by atoms with Crippen LogP contribution in [-0.2, 0) is 66.7 Å². The van der Waals surface area contributed by atoms with Gasteiger partial charge in [-0.2, -0.15) is 0 Å². The van der Waals surface area contributed by atoms with Gasteiger partial charge in [-0.05, 0) is 6.42 Å². The molecule has 0 amide bonds. The molecule has 0 radical (unpaired) electrons. The average molecular weight is 667 g/mol. The number of hydrogen-bond donors (Lipinski definition) is 1. The van der Waals surface area contributed by atoms with Crippen LogP contribution in [0.2, 0.25) is 0 Å². The number of hydrogen-bond acceptors (Lipinski definition) is 15. The number of ketones is 1. The van der Waals surface area contributed by atoms with Crippen LogP contribution in [0, 0.1) is 10.8 Å². The third kappa shape index (κ3) is 18.6. The van der Waals surface area contributed by atoms with E-state index in [1.807, 2.05) is 0 Å². The van der Waals surface area contributed by atoms with E-state index in [1.165, 1.54) is 0 Å². The minimum atomic E-state index is -1.58. The quantitative estimate of drug-likeness (QED) is 0.0745. The molecular formula is C32H42O15. The van der Waals surface area contributed by atoms with Crippen LogP contribution in [0.4, 0.5) is 0 Å². The number of aliphatic hydroxyl groups is 1. The van der Waals surface area contributed by atoms with Crippen LogP contribution in [0.15, 0.2) is 63.3 Å². The van der Waals surface area contributed by atoms with E-state index in [0.29, 0.717) is 0 Å². The zero-order chi connectivity index (χ0) is 35.7. The van der Waals surface area contributed by atoms with Crippen LogP contribution in [0.25, 0.3) is 0 Å². The monoisotopic (exact) mass is 666 g/mol. The Hall–Kier alpha value is -4.89. The summed E-state index contributed by atoms with van der Waals surface area (Å²) < 4.78 is 37.2. The maximum Gasteiger partial charge on any atom is 0.330 e. The van der Waals surface area contributed by atoms with Crippen LogP contribution in [0.5, 0.6) is 0 Å². The molecule has 0 rings (SSSR count). The number of Topliss-reactive ketones (excluding diaryl/α,β-unsaturated/α-hetero) is 1. The molecule has 0 aliphatic rings. The molecule has 0 aromatic carbocycles. The molecule has 0 heterocycles. The summed E-state index contributed by atoms with van der Waals surface area (Å²) in [6, 6.07) is 0. The first-order chi connectivity index (χ1) is 22.3. The molecule has 47 heavy (non-hydrogen) atoms. The Kier molecular flexibility index (Phi) is 21.0. The second-order valence-electron chi connectivity index (χ2n) is 10.1. The Morgan fingerprint density at radius 2 is 0.787 bits per heavy atom. The second-order valence-corrected chi connectivity index (χ2v) is 10.1. The Labute approximate surface area is 272 Å². The maximum absolute atomic E-state index is 12.5. The predicted molar refractivity (Wildman–Crippen MR) is 163 cm³/mol. The minimum absolute atomic E-state index is 0.0741. The lowest BCUT2D eigenvalue weighted by molar-refractivity contribution is -0.171. The van der Waals surface area contributed by atoms with Gasteiger partial charge in [0.05, 0.1) is 30.5 Å². The summed E-state index contributed by atoms with van der Waals surface area (Å²) in [6.45, 7) is 12.3. The standard InChI is InChI=1S/C32H42O15/c1-6-25(35)42-18-31(19-43-26(36)7-2,20-44-27(37)8-3)16-41-17-32(21-45-28(38)9-4,22-46-29(39)10-5)23-47-30(40)14-13-24(34)12-11-15-33/h6-10,33H,1-5,11-23H2. The van der Waals surface area contributed by atoms with Gasteiger partial charge in [-0.3, -0.25) is 9.59 Å². The topological polar surface area (TPSA) is 204 Å². The van der Waals surface area contributed by atoms with Crippen LogP contribution < -0.4 is 0 Å². The third-order valence-corrected chi connectivity index (χ3v) is 6.01.